The maximum Gasteiger partial charge on any atom is 0.176 e. The van der Waals surface area contributed by atoms with E-state index >= 15 is 0 Å². The smallest absolute Gasteiger partial charge is 0.176 e. The Kier molecular flexibility index (Phi) is 4.67. The van der Waals surface area contributed by atoms with Gasteiger partial charge in [-0.05, 0) is 85.4 Å². The predicted octanol–water partition coefficient (Wildman–Crippen LogP) is 4.83. The first-order valence-corrected chi connectivity index (χ1v) is 12.5. The van der Waals surface area contributed by atoms with Crippen LogP contribution in [0, 0.1) is 63.6 Å². The zero-order valence-corrected chi connectivity index (χ0v) is 19.6. The summed E-state index contributed by atoms with van der Waals surface area (Å²) in [6.45, 7) is 8.99. The van der Waals surface area contributed by atoms with Crippen LogP contribution in [0.3, 0.4) is 0 Å². The second-order valence-corrected chi connectivity index (χ2v) is 12.5. The van der Waals surface area contributed by atoms with E-state index in [1.54, 1.807) is 0 Å². The van der Waals surface area contributed by atoms with E-state index in [4.69, 9.17) is 5.73 Å². The Morgan fingerprint density at radius 1 is 1.03 bits per heavy atom. The SMILES string of the molecule is CC1CCC2(N)CCC3C(C(=O)CC4C5(C)C=C(C#N)C(=O)C(C)C5CCC34C)C2C1. The van der Waals surface area contributed by atoms with Crippen LogP contribution in [0.1, 0.15) is 79.1 Å². The number of rotatable bonds is 0. The fraction of sp³-hybridized carbons (Fsp3) is 0.815. The largest absolute Gasteiger partial charge is 0.325 e. The Hall–Kier alpha value is -1.47. The summed E-state index contributed by atoms with van der Waals surface area (Å²) in [6.07, 6.45) is 10.1. The van der Waals surface area contributed by atoms with E-state index in [9.17, 15) is 14.9 Å². The third kappa shape index (κ3) is 2.74. The molecule has 0 aromatic rings. The van der Waals surface area contributed by atoms with Gasteiger partial charge in [-0.25, -0.2) is 0 Å². The lowest BCUT2D eigenvalue weighted by Gasteiger charge is -2.66. The lowest BCUT2D eigenvalue weighted by atomic mass is 9.38. The molecule has 4 saturated carbocycles. The summed E-state index contributed by atoms with van der Waals surface area (Å²) in [5.74, 6) is 2.17. The highest BCUT2D eigenvalue weighted by molar-refractivity contribution is 6.01. The summed E-state index contributed by atoms with van der Waals surface area (Å²) in [4.78, 5) is 26.6. The molecule has 0 saturated heterocycles. The van der Waals surface area contributed by atoms with Gasteiger partial charge in [-0.3, -0.25) is 9.59 Å². The van der Waals surface area contributed by atoms with Gasteiger partial charge in [-0.15, -0.1) is 0 Å². The molecule has 0 bridgehead atoms. The molecule has 0 aromatic heterocycles. The third-order valence-corrected chi connectivity index (χ3v) is 11.1. The molecule has 31 heavy (non-hydrogen) atoms. The van der Waals surface area contributed by atoms with E-state index in [-0.39, 0.29) is 45.8 Å². The summed E-state index contributed by atoms with van der Waals surface area (Å²) >= 11 is 0. The number of carbonyl (C=O) groups excluding carboxylic acids is 2. The van der Waals surface area contributed by atoms with E-state index in [1.165, 1.54) is 6.42 Å². The van der Waals surface area contributed by atoms with Gasteiger partial charge in [0, 0.05) is 23.8 Å². The molecule has 4 nitrogen and oxygen atoms in total. The second kappa shape index (κ2) is 6.77. The zero-order chi connectivity index (χ0) is 22.3. The van der Waals surface area contributed by atoms with Crippen molar-refractivity contribution in [1.29, 1.82) is 5.26 Å². The third-order valence-electron chi connectivity index (χ3n) is 11.1. The predicted molar refractivity (Wildman–Crippen MR) is 120 cm³/mol. The normalized spacial score (nSPS) is 53.9. The van der Waals surface area contributed by atoms with Gasteiger partial charge < -0.3 is 5.73 Å². The molecule has 0 heterocycles. The minimum Gasteiger partial charge on any atom is -0.325 e. The van der Waals surface area contributed by atoms with E-state index in [0.29, 0.717) is 35.5 Å². The molecule has 5 aliphatic carbocycles. The molecule has 168 valence electrons. The number of ketones is 2. The van der Waals surface area contributed by atoms with Crippen LogP contribution in [0.15, 0.2) is 11.6 Å². The van der Waals surface area contributed by atoms with Gasteiger partial charge in [-0.1, -0.05) is 33.8 Å². The average molecular weight is 423 g/mol. The fourth-order valence-electron chi connectivity index (χ4n) is 9.42. The van der Waals surface area contributed by atoms with Gasteiger partial charge in [0.05, 0.1) is 5.57 Å². The zero-order valence-electron chi connectivity index (χ0n) is 19.6. The lowest BCUT2D eigenvalue weighted by molar-refractivity contribution is -0.175. The van der Waals surface area contributed by atoms with Crippen molar-refractivity contribution in [2.45, 2.75) is 84.6 Å². The molecule has 10 unspecified atom stereocenters. The van der Waals surface area contributed by atoms with Crippen LogP contribution in [-0.2, 0) is 9.59 Å². The quantitative estimate of drug-likeness (QED) is 0.606. The summed E-state index contributed by atoms with van der Waals surface area (Å²) in [5.41, 5.74) is 6.94. The second-order valence-electron chi connectivity index (χ2n) is 12.5. The Labute approximate surface area is 187 Å². The number of hydrogen-bond acceptors (Lipinski definition) is 4. The maximum absolute atomic E-state index is 13.8. The van der Waals surface area contributed by atoms with Gasteiger partial charge >= 0.3 is 0 Å². The van der Waals surface area contributed by atoms with Crippen molar-refractivity contribution in [1.82, 2.24) is 0 Å². The standard InChI is InChI=1S/C27H38N2O2/c1-15-5-9-27(29)10-7-19-23(20(27)11-15)21(30)12-22-25(19,3)8-6-18-16(2)24(31)17(14-28)13-26(18,22)4/h13,15-16,18-20,22-23H,5-12,29H2,1-4H3. The first-order chi connectivity index (χ1) is 14.5. The van der Waals surface area contributed by atoms with Crippen LogP contribution in [0.4, 0.5) is 0 Å². The van der Waals surface area contributed by atoms with Crippen molar-refractivity contribution in [2.24, 2.45) is 58.0 Å². The van der Waals surface area contributed by atoms with Crippen molar-refractivity contribution in [3.8, 4) is 6.07 Å². The number of fused-ring (bicyclic) bond motifs is 7. The van der Waals surface area contributed by atoms with Crippen LogP contribution in [0.25, 0.3) is 0 Å². The average Bonchev–Trinajstić information content (AvgIpc) is 2.72. The number of nitriles is 1. The summed E-state index contributed by atoms with van der Waals surface area (Å²) in [5, 5.41) is 9.65. The molecule has 4 heteroatoms. The molecule has 4 fully saturated rings. The molecule has 0 aromatic carbocycles. The van der Waals surface area contributed by atoms with E-state index in [1.807, 2.05) is 13.0 Å². The Balaban J connectivity index is 1.57. The molecule has 0 aliphatic heterocycles. The van der Waals surface area contributed by atoms with Gasteiger partial charge in [0.25, 0.3) is 0 Å². The van der Waals surface area contributed by atoms with Crippen LogP contribution >= 0.6 is 0 Å². The molecular weight excluding hydrogens is 384 g/mol. The molecular formula is C27H38N2O2. The molecule has 0 radical (unpaired) electrons. The minimum atomic E-state index is -0.261. The fourth-order valence-corrected chi connectivity index (χ4v) is 9.42. The number of Topliss-reactive ketones (excluding diaryl/α,β-unsaturated/α-hetero) is 2. The number of nitrogens with two attached hydrogens (primary N) is 1. The molecule has 0 amide bonds. The van der Waals surface area contributed by atoms with Crippen molar-refractivity contribution in [3.63, 3.8) is 0 Å². The van der Waals surface area contributed by atoms with Crippen LogP contribution in [0.5, 0.6) is 0 Å². The molecule has 0 spiro atoms. The highest BCUT2D eigenvalue weighted by atomic mass is 16.1. The van der Waals surface area contributed by atoms with Gasteiger partial charge in [0.1, 0.15) is 11.9 Å². The summed E-state index contributed by atoms with van der Waals surface area (Å²) in [7, 11) is 0. The number of carbonyl (C=O) groups is 2. The minimum absolute atomic E-state index is 0.00429. The lowest BCUT2D eigenvalue weighted by Crippen LogP contribution is -2.66. The Morgan fingerprint density at radius 2 is 1.71 bits per heavy atom. The van der Waals surface area contributed by atoms with Gasteiger partial charge in [0.2, 0.25) is 0 Å². The number of hydrogen-bond donors (Lipinski definition) is 1. The molecule has 2 N–H and O–H groups in total. The van der Waals surface area contributed by atoms with Gasteiger partial charge in [0.15, 0.2) is 5.78 Å². The van der Waals surface area contributed by atoms with Crippen LogP contribution in [0.2, 0.25) is 0 Å². The first kappa shape index (κ1) is 21.4. The van der Waals surface area contributed by atoms with Gasteiger partial charge in [-0.2, -0.15) is 5.26 Å². The Morgan fingerprint density at radius 3 is 2.42 bits per heavy atom. The summed E-state index contributed by atoms with van der Waals surface area (Å²) in [6, 6.07) is 2.18. The molecule has 5 aliphatic rings. The van der Waals surface area contributed by atoms with Crippen LogP contribution in [-0.4, -0.2) is 17.1 Å². The number of nitrogens with zero attached hydrogens (tertiary/aromatic N) is 1. The first-order valence-electron chi connectivity index (χ1n) is 12.5. The highest BCUT2D eigenvalue weighted by Gasteiger charge is 2.66. The van der Waals surface area contributed by atoms with Crippen molar-refractivity contribution in [3.05, 3.63) is 11.6 Å². The van der Waals surface area contributed by atoms with Crippen LogP contribution < -0.4 is 5.73 Å². The Bertz CT molecular complexity index is 901. The van der Waals surface area contributed by atoms with E-state index in [2.05, 4.69) is 26.8 Å². The topological polar surface area (TPSA) is 83.9 Å². The van der Waals surface area contributed by atoms with Crippen molar-refractivity contribution < 1.29 is 9.59 Å². The van der Waals surface area contributed by atoms with Crippen molar-refractivity contribution >= 4 is 11.6 Å². The summed E-state index contributed by atoms with van der Waals surface area (Å²) < 4.78 is 0. The van der Waals surface area contributed by atoms with Crippen molar-refractivity contribution in [2.75, 3.05) is 0 Å². The highest BCUT2D eigenvalue weighted by Crippen LogP contribution is 2.68. The maximum atomic E-state index is 13.8. The molecule has 10 atom stereocenters. The van der Waals surface area contributed by atoms with E-state index in [0.717, 1.165) is 38.5 Å². The molecule has 5 rings (SSSR count). The monoisotopic (exact) mass is 422 g/mol. The van der Waals surface area contributed by atoms with E-state index < -0.39 is 0 Å². The number of allylic oxidation sites excluding steroid dienone is 2.